The zero-order chi connectivity index (χ0) is 11.4. The Labute approximate surface area is 101 Å². The fourth-order valence-corrected chi connectivity index (χ4v) is 3.13. The fourth-order valence-electron chi connectivity index (χ4n) is 2.33. The molecular weight excluding hydrogens is 218 g/mol. The maximum atomic E-state index is 5.52. The number of hydrogen-bond donors (Lipinski definition) is 2. The molecule has 0 spiro atoms. The molecule has 1 saturated carbocycles. The quantitative estimate of drug-likeness (QED) is 0.849. The molecule has 16 heavy (non-hydrogen) atoms. The van der Waals surface area contributed by atoms with Gasteiger partial charge in [0, 0.05) is 17.8 Å². The average Bonchev–Trinajstić information content (AvgIpc) is 2.70. The summed E-state index contributed by atoms with van der Waals surface area (Å²) < 4.78 is 0. The molecule has 0 aliphatic heterocycles. The lowest BCUT2D eigenvalue weighted by molar-refractivity contribution is 0.349. The van der Waals surface area contributed by atoms with Crippen molar-refractivity contribution in [1.29, 1.82) is 0 Å². The van der Waals surface area contributed by atoms with E-state index in [1.54, 1.807) is 11.3 Å². The van der Waals surface area contributed by atoms with Crippen molar-refractivity contribution in [3.63, 3.8) is 0 Å². The smallest absolute Gasteiger partial charge is 0.183 e. The van der Waals surface area contributed by atoms with Crippen molar-refractivity contribution in [3.05, 3.63) is 11.1 Å². The highest BCUT2D eigenvalue weighted by molar-refractivity contribution is 7.13. The molecule has 90 valence electrons. The Morgan fingerprint density at radius 2 is 2.31 bits per heavy atom. The molecule has 1 aliphatic rings. The molecule has 0 radical (unpaired) electrons. The summed E-state index contributed by atoms with van der Waals surface area (Å²) in [5, 5.41) is 6.76. The maximum Gasteiger partial charge on any atom is 0.183 e. The van der Waals surface area contributed by atoms with E-state index in [0.29, 0.717) is 12.6 Å². The third kappa shape index (κ3) is 2.95. The summed E-state index contributed by atoms with van der Waals surface area (Å²) in [5.41, 5.74) is 6.64. The number of nitrogens with zero attached hydrogens (tertiary/aromatic N) is 1. The predicted molar refractivity (Wildman–Crippen MR) is 69.9 cm³/mol. The fraction of sp³-hybridized carbons (Fsp3) is 0.750. The first-order chi connectivity index (χ1) is 7.79. The first kappa shape index (κ1) is 11.9. The number of nitrogens with one attached hydrogen (secondary N) is 1. The molecular formula is C12H21N3S. The Morgan fingerprint density at radius 1 is 1.50 bits per heavy atom. The van der Waals surface area contributed by atoms with Crippen LogP contribution in [0.1, 0.15) is 38.3 Å². The summed E-state index contributed by atoms with van der Waals surface area (Å²) in [6.07, 6.45) is 6.25. The van der Waals surface area contributed by atoms with Gasteiger partial charge in [0.05, 0.1) is 5.69 Å². The van der Waals surface area contributed by atoms with Crippen LogP contribution in [0.2, 0.25) is 0 Å². The molecule has 1 aromatic rings. The first-order valence-corrected chi connectivity index (χ1v) is 7.08. The van der Waals surface area contributed by atoms with Crippen LogP contribution in [0.4, 0.5) is 5.13 Å². The number of anilines is 1. The number of hydrogen-bond acceptors (Lipinski definition) is 4. The van der Waals surface area contributed by atoms with E-state index in [1.165, 1.54) is 25.7 Å². The van der Waals surface area contributed by atoms with Crippen LogP contribution in [0, 0.1) is 5.92 Å². The van der Waals surface area contributed by atoms with Crippen LogP contribution in [0.5, 0.6) is 0 Å². The van der Waals surface area contributed by atoms with Crippen LogP contribution in [0.15, 0.2) is 5.38 Å². The van der Waals surface area contributed by atoms with E-state index in [4.69, 9.17) is 5.73 Å². The molecule has 0 amide bonds. The minimum atomic E-state index is 0.616. The molecule has 1 aromatic heterocycles. The van der Waals surface area contributed by atoms with Crippen LogP contribution in [0.25, 0.3) is 0 Å². The van der Waals surface area contributed by atoms with E-state index >= 15 is 0 Å². The van der Waals surface area contributed by atoms with Crippen LogP contribution in [-0.2, 0) is 6.42 Å². The summed E-state index contributed by atoms with van der Waals surface area (Å²) in [6.45, 7) is 3.02. The normalized spacial score (nSPS) is 25.6. The van der Waals surface area contributed by atoms with Crippen molar-refractivity contribution in [3.8, 4) is 0 Å². The van der Waals surface area contributed by atoms with Crippen molar-refractivity contribution in [1.82, 2.24) is 4.98 Å². The Balaban J connectivity index is 1.91. The molecule has 3 nitrogen and oxygen atoms in total. The Bertz CT molecular complexity index is 324. The molecule has 2 unspecified atom stereocenters. The van der Waals surface area contributed by atoms with Gasteiger partial charge in [-0.25, -0.2) is 4.98 Å². The largest absolute Gasteiger partial charge is 0.359 e. The monoisotopic (exact) mass is 239 g/mol. The van der Waals surface area contributed by atoms with Gasteiger partial charge in [-0.2, -0.15) is 0 Å². The second-order valence-electron chi connectivity index (χ2n) is 4.70. The van der Waals surface area contributed by atoms with E-state index in [-0.39, 0.29) is 0 Å². The van der Waals surface area contributed by atoms with Gasteiger partial charge in [-0.15, -0.1) is 11.3 Å². The van der Waals surface area contributed by atoms with Gasteiger partial charge in [0.15, 0.2) is 5.13 Å². The highest BCUT2D eigenvalue weighted by atomic mass is 32.1. The van der Waals surface area contributed by atoms with Gasteiger partial charge in [-0.1, -0.05) is 19.8 Å². The molecule has 1 heterocycles. The first-order valence-electron chi connectivity index (χ1n) is 6.20. The van der Waals surface area contributed by atoms with Gasteiger partial charge in [-0.3, -0.25) is 0 Å². The van der Waals surface area contributed by atoms with Crippen molar-refractivity contribution in [2.45, 2.75) is 45.1 Å². The molecule has 2 atom stereocenters. The van der Waals surface area contributed by atoms with E-state index in [1.807, 2.05) is 0 Å². The van der Waals surface area contributed by atoms with Crippen LogP contribution < -0.4 is 11.1 Å². The van der Waals surface area contributed by atoms with Gasteiger partial charge >= 0.3 is 0 Å². The van der Waals surface area contributed by atoms with Gasteiger partial charge in [0.2, 0.25) is 0 Å². The van der Waals surface area contributed by atoms with Crippen molar-refractivity contribution < 1.29 is 0 Å². The Morgan fingerprint density at radius 3 is 3.06 bits per heavy atom. The van der Waals surface area contributed by atoms with E-state index in [9.17, 15) is 0 Å². The van der Waals surface area contributed by atoms with E-state index in [2.05, 4.69) is 22.6 Å². The van der Waals surface area contributed by atoms with Gasteiger partial charge < -0.3 is 11.1 Å². The molecule has 0 saturated heterocycles. The molecule has 1 fully saturated rings. The lowest BCUT2D eigenvalue weighted by atomic mass is 9.86. The topological polar surface area (TPSA) is 50.9 Å². The highest BCUT2D eigenvalue weighted by Gasteiger charge is 2.21. The summed E-state index contributed by atoms with van der Waals surface area (Å²) in [5.74, 6) is 0.774. The molecule has 2 rings (SSSR count). The third-order valence-corrected chi connectivity index (χ3v) is 4.19. The van der Waals surface area contributed by atoms with Crippen LogP contribution >= 0.6 is 11.3 Å². The molecule has 0 bridgehead atoms. The summed E-state index contributed by atoms with van der Waals surface area (Å²) in [6, 6.07) is 0.616. The van der Waals surface area contributed by atoms with Gasteiger partial charge in [0.25, 0.3) is 0 Å². The summed E-state index contributed by atoms with van der Waals surface area (Å²) in [4.78, 5) is 4.56. The second-order valence-corrected chi connectivity index (χ2v) is 5.55. The average molecular weight is 239 g/mol. The highest BCUT2D eigenvalue weighted by Crippen LogP contribution is 2.27. The van der Waals surface area contributed by atoms with Gasteiger partial charge in [0.1, 0.15) is 0 Å². The number of nitrogens with two attached hydrogens (primary N) is 1. The molecule has 4 heteroatoms. The summed E-state index contributed by atoms with van der Waals surface area (Å²) >= 11 is 1.71. The molecule has 3 N–H and O–H groups in total. The van der Waals surface area contributed by atoms with E-state index in [0.717, 1.165) is 23.2 Å². The lowest BCUT2D eigenvalue weighted by Crippen LogP contribution is -2.30. The predicted octanol–water partition coefficient (Wildman–Crippen LogP) is 2.63. The number of thiazole rings is 1. The minimum absolute atomic E-state index is 0.616. The Kier molecular flexibility index (Phi) is 4.18. The van der Waals surface area contributed by atoms with Crippen molar-refractivity contribution in [2.24, 2.45) is 11.7 Å². The van der Waals surface area contributed by atoms with Crippen molar-refractivity contribution >= 4 is 16.5 Å². The van der Waals surface area contributed by atoms with E-state index < -0.39 is 0 Å². The maximum absolute atomic E-state index is 5.52. The summed E-state index contributed by atoms with van der Waals surface area (Å²) in [7, 11) is 0. The minimum Gasteiger partial charge on any atom is -0.359 e. The van der Waals surface area contributed by atoms with Gasteiger partial charge in [-0.05, 0) is 25.3 Å². The zero-order valence-electron chi connectivity index (χ0n) is 9.91. The lowest BCUT2D eigenvalue weighted by Gasteiger charge is -2.29. The molecule has 0 aromatic carbocycles. The zero-order valence-corrected chi connectivity index (χ0v) is 10.7. The van der Waals surface area contributed by atoms with Crippen molar-refractivity contribution in [2.75, 3.05) is 11.9 Å². The third-order valence-electron chi connectivity index (χ3n) is 3.37. The molecule has 1 aliphatic carbocycles. The number of rotatable bonds is 4. The standard InChI is InChI=1S/C12H21N3S/c1-9-4-2-3-5-11(9)15-12-14-10(6-7-13)8-16-12/h8-9,11H,2-7,13H2,1H3,(H,14,15). The number of aromatic nitrogens is 1. The van der Waals surface area contributed by atoms with Crippen LogP contribution in [-0.4, -0.2) is 17.6 Å². The Hall–Kier alpha value is -0.610. The second kappa shape index (κ2) is 5.64. The SMILES string of the molecule is CC1CCCCC1Nc1nc(CCN)cs1. The van der Waals surface area contributed by atoms with Crippen LogP contribution in [0.3, 0.4) is 0 Å².